The van der Waals surface area contributed by atoms with Gasteiger partial charge in [0.2, 0.25) is 0 Å². The van der Waals surface area contributed by atoms with E-state index in [1.54, 1.807) is 30.3 Å². The van der Waals surface area contributed by atoms with Gasteiger partial charge in [-0.2, -0.15) is 8.42 Å². The van der Waals surface area contributed by atoms with Crippen LogP contribution in [0.1, 0.15) is 84.5 Å². The van der Waals surface area contributed by atoms with Crippen LogP contribution in [-0.4, -0.2) is 14.5 Å². The molecule has 0 aliphatic heterocycles. The monoisotopic (exact) mass is 354 g/mol. The summed E-state index contributed by atoms with van der Waals surface area (Å²) in [5.41, 5.74) is 0. The molecule has 138 valence electrons. The Morgan fingerprint density at radius 3 is 1.88 bits per heavy atom. The lowest BCUT2D eigenvalue weighted by atomic mass is 10.1. The van der Waals surface area contributed by atoms with Crippen molar-refractivity contribution in [3.63, 3.8) is 0 Å². The van der Waals surface area contributed by atoms with Crippen molar-refractivity contribution in [2.75, 3.05) is 0 Å². The van der Waals surface area contributed by atoms with E-state index in [2.05, 4.69) is 6.92 Å². The van der Waals surface area contributed by atoms with Crippen LogP contribution in [0.5, 0.6) is 0 Å². The fourth-order valence-corrected chi connectivity index (χ4v) is 3.96. The summed E-state index contributed by atoms with van der Waals surface area (Å²) >= 11 is 0. The number of hydrogen-bond donors (Lipinski definition) is 0. The molecular formula is C20H34O3S. The molecule has 1 rings (SSSR count). The Morgan fingerprint density at radius 1 is 0.833 bits per heavy atom. The third kappa shape index (κ3) is 9.43. The third-order valence-electron chi connectivity index (χ3n) is 4.29. The van der Waals surface area contributed by atoms with Crippen LogP contribution in [0.4, 0.5) is 0 Å². The van der Waals surface area contributed by atoms with E-state index in [1.165, 1.54) is 51.4 Å². The molecule has 0 saturated heterocycles. The van der Waals surface area contributed by atoms with Gasteiger partial charge in [-0.1, -0.05) is 89.3 Å². The summed E-state index contributed by atoms with van der Waals surface area (Å²) in [5, 5.41) is 0. The van der Waals surface area contributed by atoms with Crippen LogP contribution in [-0.2, 0) is 14.3 Å². The lowest BCUT2D eigenvalue weighted by Crippen LogP contribution is -2.15. The van der Waals surface area contributed by atoms with Crippen molar-refractivity contribution in [3.8, 4) is 0 Å². The molecule has 0 fully saturated rings. The van der Waals surface area contributed by atoms with E-state index in [0.29, 0.717) is 0 Å². The molecule has 0 radical (unpaired) electrons. The summed E-state index contributed by atoms with van der Waals surface area (Å²) in [6, 6.07) is 8.36. The van der Waals surface area contributed by atoms with E-state index in [9.17, 15) is 8.42 Å². The Morgan fingerprint density at radius 2 is 1.33 bits per heavy atom. The highest BCUT2D eigenvalue weighted by Crippen LogP contribution is 2.17. The molecule has 0 aliphatic rings. The van der Waals surface area contributed by atoms with Crippen LogP contribution in [0.15, 0.2) is 35.2 Å². The molecule has 24 heavy (non-hydrogen) atoms. The van der Waals surface area contributed by atoms with Crippen molar-refractivity contribution in [2.45, 2.75) is 95.5 Å². The van der Waals surface area contributed by atoms with Crippen LogP contribution in [0.3, 0.4) is 0 Å². The molecule has 3 nitrogen and oxygen atoms in total. The Labute approximate surface area is 148 Å². The van der Waals surface area contributed by atoms with Crippen LogP contribution in [0, 0.1) is 0 Å². The lowest BCUT2D eigenvalue weighted by molar-refractivity contribution is 0.213. The van der Waals surface area contributed by atoms with Gasteiger partial charge in [0.25, 0.3) is 10.1 Å². The number of hydrogen-bond acceptors (Lipinski definition) is 3. The first-order valence-electron chi connectivity index (χ1n) is 9.54. The van der Waals surface area contributed by atoms with Gasteiger partial charge in [0.15, 0.2) is 0 Å². The van der Waals surface area contributed by atoms with Crippen molar-refractivity contribution in [2.24, 2.45) is 0 Å². The molecule has 1 atom stereocenters. The average Bonchev–Trinajstić information content (AvgIpc) is 2.57. The quantitative estimate of drug-likeness (QED) is 0.300. The van der Waals surface area contributed by atoms with Crippen LogP contribution in [0.2, 0.25) is 0 Å². The molecule has 0 aliphatic carbocycles. The minimum absolute atomic E-state index is 0.236. The summed E-state index contributed by atoms with van der Waals surface area (Å²) in [4.78, 5) is 0.236. The van der Waals surface area contributed by atoms with E-state index in [0.717, 1.165) is 19.3 Å². The number of rotatable bonds is 14. The SMILES string of the molecule is CCCCCCCCCCCCC(C)OS(=O)(=O)c1ccccc1. The molecule has 1 aromatic carbocycles. The van der Waals surface area contributed by atoms with E-state index in [4.69, 9.17) is 4.18 Å². The third-order valence-corrected chi connectivity index (χ3v) is 5.72. The van der Waals surface area contributed by atoms with Crippen molar-refractivity contribution < 1.29 is 12.6 Å². The maximum Gasteiger partial charge on any atom is 0.297 e. The molecular weight excluding hydrogens is 320 g/mol. The molecule has 1 unspecified atom stereocenters. The topological polar surface area (TPSA) is 43.4 Å². The van der Waals surface area contributed by atoms with E-state index >= 15 is 0 Å². The summed E-state index contributed by atoms with van der Waals surface area (Å²) in [6.07, 6.45) is 13.4. The molecule has 0 saturated carbocycles. The summed E-state index contributed by atoms with van der Waals surface area (Å²) in [5.74, 6) is 0. The fraction of sp³-hybridized carbons (Fsp3) is 0.700. The van der Waals surface area contributed by atoms with Gasteiger partial charge in [-0.25, -0.2) is 0 Å². The minimum Gasteiger partial charge on any atom is -0.263 e. The highest BCUT2D eigenvalue weighted by Gasteiger charge is 2.18. The van der Waals surface area contributed by atoms with Crippen molar-refractivity contribution >= 4 is 10.1 Å². The first-order chi connectivity index (χ1) is 11.6. The first kappa shape index (κ1) is 21.2. The van der Waals surface area contributed by atoms with Crippen LogP contribution in [0.25, 0.3) is 0 Å². The average molecular weight is 355 g/mol. The van der Waals surface area contributed by atoms with Crippen molar-refractivity contribution in [3.05, 3.63) is 30.3 Å². The van der Waals surface area contributed by atoms with E-state index in [-0.39, 0.29) is 11.0 Å². The lowest BCUT2D eigenvalue weighted by Gasteiger charge is -2.13. The summed E-state index contributed by atoms with van der Waals surface area (Å²) in [6.45, 7) is 4.09. The second kappa shape index (κ2) is 12.5. The van der Waals surface area contributed by atoms with Gasteiger partial charge in [0.05, 0.1) is 11.0 Å². The summed E-state index contributed by atoms with van der Waals surface area (Å²) < 4.78 is 29.5. The second-order valence-electron chi connectivity index (χ2n) is 6.64. The van der Waals surface area contributed by atoms with E-state index < -0.39 is 10.1 Å². The van der Waals surface area contributed by atoms with Crippen LogP contribution < -0.4 is 0 Å². The van der Waals surface area contributed by atoms with Crippen molar-refractivity contribution in [1.82, 2.24) is 0 Å². The second-order valence-corrected chi connectivity index (χ2v) is 8.22. The molecule has 4 heteroatoms. The predicted molar refractivity (Wildman–Crippen MR) is 101 cm³/mol. The van der Waals surface area contributed by atoms with Gasteiger partial charge in [0.1, 0.15) is 0 Å². The fourth-order valence-electron chi connectivity index (χ4n) is 2.83. The minimum atomic E-state index is -3.62. The Bertz CT molecular complexity index is 511. The zero-order valence-electron chi connectivity index (χ0n) is 15.4. The molecule has 0 N–H and O–H groups in total. The van der Waals surface area contributed by atoms with Gasteiger partial charge in [-0.15, -0.1) is 0 Å². The normalized spacial score (nSPS) is 13.1. The number of unbranched alkanes of at least 4 members (excludes halogenated alkanes) is 9. The largest absolute Gasteiger partial charge is 0.297 e. The molecule has 1 aromatic rings. The maximum atomic E-state index is 12.1. The Balaban J connectivity index is 2.07. The number of benzene rings is 1. The van der Waals surface area contributed by atoms with E-state index in [1.807, 2.05) is 6.92 Å². The molecule has 0 aromatic heterocycles. The van der Waals surface area contributed by atoms with Crippen molar-refractivity contribution in [1.29, 1.82) is 0 Å². The standard InChI is InChI=1S/C20H34O3S/c1-3-4-5-6-7-8-9-10-11-13-16-19(2)23-24(21,22)20-17-14-12-15-18-20/h12,14-15,17-19H,3-11,13,16H2,1-2H3. The van der Waals surface area contributed by atoms with Gasteiger partial charge < -0.3 is 0 Å². The van der Waals surface area contributed by atoms with Crippen LogP contribution >= 0.6 is 0 Å². The Kier molecular flexibility index (Phi) is 11.0. The van der Waals surface area contributed by atoms with Gasteiger partial charge in [0, 0.05) is 0 Å². The zero-order valence-corrected chi connectivity index (χ0v) is 16.2. The smallest absolute Gasteiger partial charge is 0.263 e. The maximum absolute atomic E-state index is 12.1. The zero-order chi connectivity index (χ0) is 17.7. The van der Waals surface area contributed by atoms with Gasteiger partial charge in [-0.05, 0) is 25.5 Å². The van der Waals surface area contributed by atoms with Gasteiger partial charge >= 0.3 is 0 Å². The first-order valence-corrected chi connectivity index (χ1v) is 11.0. The van der Waals surface area contributed by atoms with Gasteiger partial charge in [-0.3, -0.25) is 4.18 Å². The molecule has 0 bridgehead atoms. The molecule has 0 spiro atoms. The molecule has 0 amide bonds. The Hall–Kier alpha value is -0.870. The highest BCUT2D eigenvalue weighted by atomic mass is 32.2. The summed E-state index contributed by atoms with van der Waals surface area (Å²) in [7, 11) is -3.62. The molecule has 0 heterocycles. The predicted octanol–water partition coefficient (Wildman–Crippen LogP) is 6.09. The highest BCUT2D eigenvalue weighted by molar-refractivity contribution is 7.86.